The molecule has 1 heterocycles. The van der Waals surface area contributed by atoms with E-state index in [9.17, 15) is 9.59 Å². The summed E-state index contributed by atoms with van der Waals surface area (Å²) in [5, 5.41) is 2.88. The van der Waals surface area contributed by atoms with Crippen molar-refractivity contribution in [1.29, 1.82) is 0 Å². The van der Waals surface area contributed by atoms with E-state index in [4.69, 9.17) is 4.74 Å². The molecule has 0 radical (unpaired) electrons. The maximum atomic E-state index is 12.3. The molecule has 6 nitrogen and oxygen atoms in total. The van der Waals surface area contributed by atoms with Gasteiger partial charge in [0.25, 0.3) is 5.91 Å². The summed E-state index contributed by atoms with van der Waals surface area (Å²) in [5.41, 5.74) is 0.283. The Hall–Kier alpha value is -2.08. The molecule has 1 aromatic carbocycles. The molecule has 2 rings (SSSR count). The molecule has 0 aliphatic carbocycles. The molecule has 28 heavy (non-hydrogen) atoms. The van der Waals surface area contributed by atoms with Gasteiger partial charge in [0.1, 0.15) is 5.60 Å². The Bertz CT molecular complexity index is 628. The normalized spacial score (nSPS) is 17.4. The first-order valence-electron chi connectivity index (χ1n) is 10.2. The number of ether oxygens (including phenoxy) is 1. The van der Waals surface area contributed by atoms with E-state index in [1.165, 1.54) is 0 Å². The summed E-state index contributed by atoms with van der Waals surface area (Å²) in [6.07, 6.45) is 2.82. The molecule has 2 amide bonds. The first kappa shape index (κ1) is 22.2. The molecule has 1 aromatic rings. The lowest BCUT2D eigenvalue weighted by molar-refractivity contribution is 0.0519. The van der Waals surface area contributed by atoms with Crippen LogP contribution in [0.15, 0.2) is 30.3 Å². The highest BCUT2D eigenvalue weighted by atomic mass is 16.6. The van der Waals surface area contributed by atoms with Crippen LogP contribution in [0.4, 0.5) is 4.79 Å². The van der Waals surface area contributed by atoms with Crippen molar-refractivity contribution in [2.45, 2.75) is 45.6 Å². The molecule has 1 N–H and O–H groups in total. The summed E-state index contributed by atoms with van der Waals surface area (Å²) in [5.74, 6) is 0.560. The number of likely N-dealkylation sites (tertiary alicyclic amines) is 1. The Balaban J connectivity index is 1.58. The fourth-order valence-electron chi connectivity index (χ4n) is 3.41. The number of rotatable bonds is 8. The van der Waals surface area contributed by atoms with Crippen molar-refractivity contribution in [3.63, 3.8) is 0 Å². The number of carbonyl (C=O) groups excluding carboxylic acids is 2. The molecular weight excluding hydrogens is 354 g/mol. The van der Waals surface area contributed by atoms with E-state index in [1.54, 1.807) is 4.90 Å². The minimum absolute atomic E-state index is 0.0788. The van der Waals surface area contributed by atoms with Crippen molar-refractivity contribution >= 4 is 12.0 Å². The van der Waals surface area contributed by atoms with Crippen LogP contribution in [-0.4, -0.2) is 67.2 Å². The maximum absolute atomic E-state index is 12.3. The number of nitrogens with one attached hydrogen (secondary N) is 1. The van der Waals surface area contributed by atoms with E-state index in [-0.39, 0.29) is 12.0 Å². The molecule has 1 saturated heterocycles. The van der Waals surface area contributed by atoms with Crippen LogP contribution >= 0.6 is 0 Å². The number of nitrogens with zero attached hydrogens (tertiary/aromatic N) is 2. The van der Waals surface area contributed by atoms with Gasteiger partial charge >= 0.3 is 6.09 Å². The molecule has 1 fully saturated rings. The monoisotopic (exact) mass is 389 g/mol. The molecule has 1 aliphatic heterocycles. The standard InChI is InChI=1S/C22H35N3O3/c1-22(2,3)28-21(27)23-16-18-12-15-25(17-18)14-9-8-13-24(4)20(26)19-10-6-5-7-11-19/h5-7,10-11,18H,8-9,12-17H2,1-4H3,(H,23,27). The minimum Gasteiger partial charge on any atom is -0.444 e. The number of unbranched alkanes of at least 4 members (excludes halogenated alkanes) is 1. The van der Waals surface area contributed by atoms with Gasteiger partial charge in [-0.15, -0.1) is 0 Å². The lowest BCUT2D eigenvalue weighted by Gasteiger charge is -2.21. The van der Waals surface area contributed by atoms with E-state index < -0.39 is 5.60 Å². The third-order valence-corrected chi connectivity index (χ3v) is 4.89. The fraction of sp³-hybridized carbons (Fsp3) is 0.636. The van der Waals surface area contributed by atoms with Crippen molar-refractivity contribution in [1.82, 2.24) is 15.1 Å². The van der Waals surface area contributed by atoms with E-state index in [2.05, 4.69) is 10.2 Å². The maximum Gasteiger partial charge on any atom is 0.407 e. The lowest BCUT2D eigenvalue weighted by Crippen LogP contribution is -2.36. The molecule has 0 saturated carbocycles. The quantitative estimate of drug-likeness (QED) is 0.693. The zero-order chi connectivity index (χ0) is 20.6. The van der Waals surface area contributed by atoms with Crippen LogP contribution in [0.1, 0.15) is 50.4 Å². The number of hydrogen-bond donors (Lipinski definition) is 1. The SMILES string of the molecule is CN(CCCCN1CCC(CNC(=O)OC(C)(C)C)C1)C(=O)c1ccccc1. The van der Waals surface area contributed by atoms with Crippen LogP contribution < -0.4 is 5.32 Å². The van der Waals surface area contributed by atoms with Gasteiger partial charge in [0.2, 0.25) is 0 Å². The summed E-state index contributed by atoms with van der Waals surface area (Å²) in [4.78, 5) is 28.3. The Morgan fingerprint density at radius 1 is 1.21 bits per heavy atom. The molecule has 1 unspecified atom stereocenters. The second kappa shape index (κ2) is 10.5. The second-order valence-corrected chi connectivity index (χ2v) is 8.64. The van der Waals surface area contributed by atoms with E-state index in [1.807, 2.05) is 58.2 Å². The van der Waals surface area contributed by atoms with Crippen molar-refractivity contribution in [2.75, 3.05) is 39.8 Å². The van der Waals surface area contributed by atoms with Crippen LogP contribution in [0.2, 0.25) is 0 Å². The Morgan fingerprint density at radius 3 is 2.61 bits per heavy atom. The predicted molar refractivity (Wildman–Crippen MR) is 111 cm³/mol. The molecule has 1 atom stereocenters. The first-order chi connectivity index (χ1) is 13.2. The zero-order valence-electron chi connectivity index (χ0n) is 17.7. The number of benzene rings is 1. The Labute approximate surface area is 169 Å². The minimum atomic E-state index is -0.457. The van der Waals surface area contributed by atoms with E-state index in [0.29, 0.717) is 12.5 Å². The number of amides is 2. The van der Waals surface area contributed by atoms with Crippen LogP contribution in [0.3, 0.4) is 0 Å². The molecule has 156 valence electrons. The summed E-state index contributed by atoms with van der Waals surface area (Å²) < 4.78 is 5.28. The van der Waals surface area contributed by atoms with Gasteiger partial charge in [0.05, 0.1) is 0 Å². The third-order valence-electron chi connectivity index (χ3n) is 4.89. The van der Waals surface area contributed by atoms with Crippen LogP contribution in [0.5, 0.6) is 0 Å². The molecular formula is C22H35N3O3. The van der Waals surface area contributed by atoms with Crippen LogP contribution in [-0.2, 0) is 4.74 Å². The average molecular weight is 390 g/mol. The highest BCUT2D eigenvalue weighted by Crippen LogP contribution is 2.16. The number of carbonyl (C=O) groups is 2. The number of hydrogen-bond acceptors (Lipinski definition) is 4. The van der Waals surface area contributed by atoms with Gasteiger partial charge in [0.15, 0.2) is 0 Å². The van der Waals surface area contributed by atoms with Gasteiger partial charge in [-0.05, 0) is 71.2 Å². The summed E-state index contributed by atoms with van der Waals surface area (Å²) in [6, 6.07) is 9.41. The third kappa shape index (κ3) is 7.89. The molecule has 6 heteroatoms. The largest absolute Gasteiger partial charge is 0.444 e. The van der Waals surface area contributed by atoms with Crippen LogP contribution in [0, 0.1) is 5.92 Å². The Morgan fingerprint density at radius 2 is 1.93 bits per heavy atom. The summed E-state index contributed by atoms with van der Waals surface area (Å²) in [7, 11) is 1.86. The summed E-state index contributed by atoms with van der Waals surface area (Å²) >= 11 is 0. The van der Waals surface area contributed by atoms with Gasteiger partial charge in [-0.3, -0.25) is 4.79 Å². The smallest absolute Gasteiger partial charge is 0.407 e. The molecule has 0 aromatic heterocycles. The fourth-order valence-corrected chi connectivity index (χ4v) is 3.41. The molecule has 0 spiro atoms. The average Bonchev–Trinajstić information content (AvgIpc) is 3.10. The van der Waals surface area contributed by atoms with Gasteiger partial charge in [-0.1, -0.05) is 18.2 Å². The Kier molecular flexibility index (Phi) is 8.30. The lowest BCUT2D eigenvalue weighted by atomic mass is 10.1. The van der Waals surface area contributed by atoms with Gasteiger partial charge in [0, 0.05) is 32.2 Å². The predicted octanol–water partition coefficient (Wildman–Crippen LogP) is 3.39. The van der Waals surface area contributed by atoms with E-state index >= 15 is 0 Å². The van der Waals surface area contributed by atoms with Crippen LogP contribution in [0.25, 0.3) is 0 Å². The van der Waals surface area contributed by atoms with Crippen molar-refractivity contribution in [3.05, 3.63) is 35.9 Å². The first-order valence-corrected chi connectivity index (χ1v) is 10.2. The topological polar surface area (TPSA) is 61.9 Å². The second-order valence-electron chi connectivity index (χ2n) is 8.64. The summed E-state index contributed by atoms with van der Waals surface area (Å²) in [6.45, 7) is 10.2. The highest BCUT2D eigenvalue weighted by Gasteiger charge is 2.23. The van der Waals surface area contributed by atoms with Crippen molar-refractivity contribution in [2.24, 2.45) is 5.92 Å². The number of alkyl carbamates (subject to hydrolysis) is 1. The van der Waals surface area contributed by atoms with Crippen molar-refractivity contribution < 1.29 is 14.3 Å². The van der Waals surface area contributed by atoms with Gasteiger partial charge in [-0.2, -0.15) is 0 Å². The van der Waals surface area contributed by atoms with Gasteiger partial charge in [-0.25, -0.2) is 4.79 Å². The highest BCUT2D eigenvalue weighted by molar-refractivity contribution is 5.93. The van der Waals surface area contributed by atoms with E-state index in [0.717, 1.165) is 51.0 Å². The van der Waals surface area contributed by atoms with Gasteiger partial charge < -0.3 is 19.9 Å². The molecule has 0 bridgehead atoms. The zero-order valence-corrected chi connectivity index (χ0v) is 17.7. The van der Waals surface area contributed by atoms with Crippen molar-refractivity contribution in [3.8, 4) is 0 Å². The molecule has 1 aliphatic rings.